The first-order chi connectivity index (χ1) is 11.4. The summed E-state index contributed by atoms with van der Waals surface area (Å²) in [5.74, 6) is 0. The number of halogens is 1. The number of rotatable bonds is 8. The van der Waals surface area contributed by atoms with Crippen molar-refractivity contribution in [1.82, 2.24) is 9.62 Å². The molecule has 0 aliphatic heterocycles. The Morgan fingerprint density at radius 2 is 1.72 bits per heavy atom. The third kappa shape index (κ3) is 5.28. The van der Waals surface area contributed by atoms with Crippen molar-refractivity contribution in [2.45, 2.75) is 45.2 Å². The predicted octanol–water partition coefficient (Wildman–Crippen LogP) is 4.36. The van der Waals surface area contributed by atoms with E-state index in [-0.39, 0.29) is 18.4 Å². The molecule has 4 nitrogen and oxygen atoms in total. The molecule has 140 valence electrons. The van der Waals surface area contributed by atoms with Crippen molar-refractivity contribution in [3.8, 4) is 0 Å². The average Bonchev–Trinajstić information content (AvgIpc) is 2.98. The number of thiophene rings is 1. The second-order valence-corrected chi connectivity index (χ2v) is 8.73. The molecule has 0 aliphatic rings. The van der Waals surface area contributed by atoms with Crippen LogP contribution in [0.15, 0.2) is 40.6 Å². The Bertz CT molecular complexity index is 754. The number of hydrogen-bond acceptors (Lipinski definition) is 4. The minimum Gasteiger partial charge on any atom is -0.305 e. The highest BCUT2D eigenvalue weighted by Crippen LogP contribution is 2.21. The summed E-state index contributed by atoms with van der Waals surface area (Å²) in [6, 6.07) is 9.50. The van der Waals surface area contributed by atoms with E-state index in [1.54, 1.807) is 23.5 Å². The summed E-state index contributed by atoms with van der Waals surface area (Å²) in [6.45, 7) is 9.71. The van der Waals surface area contributed by atoms with Gasteiger partial charge in [0.25, 0.3) is 0 Å². The van der Waals surface area contributed by atoms with Gasteiger partial charge in [-0.25, -0.2) is 8.42 Å². The van der Waals surface area contributed by atoms with E-state index in [0.29, 0.717) is 18.0 Å². The molecule has 2 aromatic rings. The number of sulfonamides is 1. The zero-order valence-corrected chi connectivity index (χ0v) is 17.6. The fourth-order valence-corrected chi connectivity index (χ4v) is 4.90. The van der Waals surface area contributed by atoms with Gasteiger partial charge in [0, 0.05) is 30.6 Å². The summed E-state index contributed by atoms with van der Waals surface area (Å²) in [4.78, 5) is 1.69. The van der Waals surface area contributed by atoms with Gasteiger partial charge in [-0.15, -0.1) is 23.7 Å². The summed E-state index contributed by atoms with van der Waals surface area (Å²) in [5, 5.41) is 5.60. The Morgan fingerprint density at radius 1 is 1.12 bits per heavy atom. The minimum atomic E-state index is -3.38. The quantitative estimate of drug-likeness (QED) is 0.713. The van der Waals surface area contributed by atoms with Gasteiger partial charge in [-0.05, 0) is 48.6 Å². The van der Waals surface area contributed by atoms with Crippen molar-refractivity contribution in [3.05, 3.63) is 51.7 Å². The van der Waals surface area contributed by atoms with Gasteiger partial charge in [-0.1, -0.05) is 26.0 Å². The fourth-order valence-electron chi connectivity index (χ4n) is 2.59. The lowest BCUT2D eigenvalue weighted by Gasteiger charge is -2.19. The van der Waals surface area contributed by atoms with Crippen molar-refractivity contribution < 1.29 is 8.42 Å². The maximum absolute atomic E-state index is 12.5. The van der Waals surface area contributed by atoms with Crippen LogP contribution in [0.3, 0.4) is 0 Å². The van der Waals surface area contributed by atoms with Gasteiger partial charge >= 0.3 is 0 Å². The topological polar surface area (TPSA) is 49.4 Å². The molecule has 1 aromatic heterocycles. The Balaban J connectivity index is 0.00000312. The Morgan fingerprint density at radius 3 is 2.20 bits per heavy atom. The van der Waals surface area contributed by atoms with E-state index in [1.165, 1.54) is 14.7 Å². The van der Waals surface area contributed by atoms with E-state index in [0.717, 1.165) is 12.1 Å². The first kappa shape index (κ1) is 22.1. The maximum Gasteiger partial charge on any atom is 0.243 e. The van der Waals surface area contributed by atoms with Gasteiger partial charge in [0.05, 0.1) is 4.90 Å². The standard InChI is InChI=1S/C18H26N2O2S2.ClH/c1-5-20(6-2)24(21,22)17-9-7-16(8-10-17)15(4)19-13-18-14(3)11-12-23-18;/h7-12,15,19H,5-6,13H2,1-4H3;1H. The Labute approximate surface area is 161 Å². The number of hydrogen-bond donors (Lipinski definition) is 1. The third-order valence-electron chi connectivity index (χ3n) is 4.26. The second-order valence-electron chi connectivity index (χ2n) is 5.79. The molecule has 1 heterocycles. The highest BCUT2D eigenvalue weighted by molar-refractivity contribution is 7.89. The van der Waals surface area contributed by atoms with E-state index in [4.69, 9.17) is 0 Å². The largest absolute Gasteiger partial charge is 0.305 e. The van der Waals surface area contributed by atoms with Crippen molar-refractivity contribution in [2.24, 2.45) is 0 Å². The van der Waals surface area contributed by atoms with E-state index in [9.17, 15) is 8.42 Å². The van der Waals surface area contributed by atoms with Crippen LogP contribution in [-0.4, -0.2) is 25.8 Å². The molecule has 0 spiro atoms. The summed E-state index contributed by atoms with van der Waals surface area (Å²) in [5.41, 5.74) is 2.39. The lowest BCUT2D eigenvalue weighted by molar-refractivity contribution is 0.445. The van der Waals surface area contributed by atoms with E-state index in [2.05, 4.69) is 30.6 Å². The lowest BCUT2D eigenvalue weighted by atomic mass is 10.1. The lowest BCUT2D eigenvalue weighted by Crippen LogP contribution is -2.30. The highest BCUT2D eigenvalue weighted by Gasteiger charge is 2.21. The molecular weight excluding hydrogens is 376 g/mol. The molecule has 1 atom stereocenters. The Hall–Kier alpha value is -0.920. The van der Waals surface area contributed by atoms with Crippen LogP contribution in [0.5, 0.6) is 0 Å². The average molecular weight is 403 g/mol. The predicted molar refractivity (Wildman–Crippen MR) is 108 cm³/mol. The van der Waals surface area contributed by atoms with E-state index < -0.39 is 10.0 Å². The SMILES string of the molecule is CCN(CC)S(=O)(=O)c1ccc(C(C)NCc2sccc2C)cc1.Cl. The molecule has 0 amide bonds. The first-order valence-corrected chi connectivity index (χ1v) is 10.6. The number of nitrogens with zero attached hydrogens (tertiary/aromatic N) is 1. The van der Waals surface area contributed by atoms with Crippen LogP contribution >= 0.6 is 23.7 Å². The van der Waals surface area contributed by atoms with Gasteiger partial charge in [0.2, 0.25) is 10.0 Å². The number of aryl methyl sites for hydroxylation is 1. The molecule has 25 heavy (non-hydrogen) atoms. The molecule has 2 rings (SSSR count). The highest BCUT2D eigenvalue weighted by atomic mass is 35.5. The monoisotopic (exact) mass is 402 g/mol. The van der Waals surface area contributed by atoms with Crippen molar-refractivity contribution in [1.29, 1.82) is 0 Å². The van der Waals surface area contributed by atoms with Crippen LogP contribution < -0.4 is 5.32 Å². The van der Waals surface area contributed by atoms with E-state index in [1.807, 2.05) is 26.0 Å². The number of benzene rings is 1. The molecule has 0 fully saturated rings. The van der Waals surface area contributed by atoms with Crippen molar-refractivity contribution >= 4 is 33.8 Å². The van der Waals surface area contributed by atoms with Crippen LogP contribution in [0.25, 0.3) is 0 Å². The van der Waals surface area contributed by atoms with Crippen LogP contribution in [0.2, 0.25) is 0 Å². The van der Waals surface area contributed by atoms with Crippen LogP contribution in [-0.2, 0) is 16.6 Å². The van der Waals surface area contributed by atoms with Crippen molar-refractivity contribution in [3.63, 3.8) is 0 Å². The third-order valence-corrected chi connectivity index (χ3v) is 7.35. The van der Waals surface area contributed by atoms with Gasteiger partial charge in [-0.2, -0.15) is 4.31 Å². The summed E-state index contributed by atoms with van der Waals surface area (Å²) in [7, 11) is -3.38. The number of nitrogens with one attached hydrogen (secondary N) is 1. The normalized spacial score (nSPS) is 12.8. The van der Waals surface area contributed by atoms with Crippen LogP contribution in [0.4, 0.5) is 0 Å². The molecule has 0 saturated carbocycles. The Kier molecular flexibility index (Phi) is 8.57. The zero-order valence-electron chi connectivity index (χ0n) is 15.2. The van der Waals surface area contributed by atoms with Crippen molar-refractivity contribution in [2.75, 3.05) is 13.1 Å². The molecule has 0 saturated heterocycles. The van der Waals surface area contributed by atoms with Gasteiger partial charge < -0.3 is 5.32 Å². The molecule has 7 heteroatoms. The molecule has 1 aromatic carbocycles. The summed E-state index contributed by atoms with van der Waals surface area (Å²) >= 11 is 1.75. The summed E-state index contributed by atoms with van der Waals surface area (Å²) < 4.78 is 26.5. The van der Waals surface area contributed by atoms with Gasteiger partial charge in [0.1, 0.15) is 0 Å². The zero-order chi connectivity index (χ0) is 17.7. The minimum absolute atomic E-state index is 0. The van der Waals surface area contributed by atoms with Crippen LogP contribution in [0.1, 0.15) is 42.8 Å². The maximum atomic E-state index is 12.5. The first-order valence-electron chi connectivity index (χ1n) is 8.26. The van der Waals surface area contributed by atoms with Gasteiger partial charge in [-0.3, -0.25) is 0 Å². The fraction of sp³-hybridized carbons (Fsp3) is 0.444. The van der Waals surface area contributed by atoms with Crippen LogP contribution in [0, 0.1) is 6.92 Å². The molecule has 0 bridgehead atoms. The molecule has 0 radical (unpaired) electrons. The summed E-state index contributed by atoms with van der Waals surface area (Å²) in [6.07, 6.45) is 0. The molecular formula is C18H27ClN2O2S2. The second kappa shape index (κ2) is 9.69. The van der Waals surface area contributed by atoms with E-state index >= 15 is 0 Å². The smallest absolute Gasteiger partial charge is 0.243 e. The van der Waals surface area contributed by atoms with Gasteiger partial charge in [0.15, 0.2) is 0 Å². The molecule has 0 aliphatic carbocycles. The molecule has 1 N–H and O–H groups in total. The molecule has 1 unspecified atom stereocenters.